The molecule has 0 aliphatic carbocycles. The van der Waals surface area contributed by atoms with Gasteiger partial charge in [0, 0.05) is 57.2 Å². The number of aliphatic imine (C=N–C) groups is 1. The van der Waals surface area contributed by atoms with Gasteiger partial charge in [-0.3, -0.25) is 19.4 Å². The van der Waals surface area contributed by atoms with E-state index < -0.39 is 0 Å². The van der Waals surface area contributed by atoms with Crippen molar-refractivity contribution in [1.82, 2.24) is 9.80 Å². The maximum Gasteiger partial charge on any atom is 0.254 e. The van der Waals surface area contributed by atoms with E-state index in [1.165, 1.54) is 0 Å². The molecule has 3 aliphatic heterocycles. The Balaban J connectivity index is 1.56. The molecule has 7 heteroatoms. The zero-order chi connectivity index (χ0) is 19.3. The van der Waals surface area contributed by atoms with Crippen LogP contribution in [0.4, 0.5) is 5.69 Å². The van der Waals surface area contributed by atoms with Crippen molar-refractivity contribution in [2.45, 2.75) is 20.8 Å². The standard InChI is InChI=1S/C20H24N4O3/c1-13(25)22-6-8-23(9-7-22)19(27)14-4-5-16-15(10-14)17(26)18-21-11-20(2,3)12-24(16)18/h4-5,10H,6-9,11-12H2,1-3H3. The zero-order valence-electron chi connectivity index (χ0n) is 16.0. The van der Waals surface area contributed by atoms with Gasteiger partial charge in [-0.2, -0.15) is 0 Å². The third-order valence-electron chi connectivity index (χ3n) is 5.49. The number of rotatable bonds is 1. The van der Waals surface area contributed by atoms with Crippen molar-refractivity contribution in [3.05, 3.63) is 29.3 Å². The van der Waals surface area contributed by atoms with E-state index in [0.29, 0.717) is 49.7 Å². The summed E-state index contributed by atoms with van der Waals surface area (Å²) in [5.74, 6) is 0.326. The lowest BCUT2D eigenvalue weighted by Crippen LogP contribution is -2.50. The third-order valence-corrected chi connectivity index (χ3v) is 5.49. The van der Waals surface area contributed by atoms with Crippen LogP contribution in [0.25, 0.3) is 0 Å². The van der Waals surface area contributed by atoms with Crippen molar-refractivity contribution in [1.29, 1.82) is 0 Å². The SMILES string of the molecule is CC(=O)N1CCN(C(=O)c2ccc3c(c2)C(=O)C2=NCC(C)(C)CN23)CC1. The first-order valence-corrected chi connectivity index (χ1v) is 9.32. The summed E-state index contributed by atoms with van der Waals surface area (Å²) in [7, 11) is 0. The van der Waals surface area contributed by atoms with E-state index in [9.17, 15) is 14.4 Å². The summed E-state index contributed by atoms with van der Waals surface area (Å²) < 4.78 is 0. The Morgan fingerprint density at radius 3 is 2.41 bits per heavy atom. The highest BCUT2D eigenvalue weighted by Gasteiger charge is 2.40. The van der Waals surface area contributed by atoms with Crippen LogP contribution in [0.5, 0.6) is 0 Å². The number of amides is 2. The van der Waals surface area contributed by atoms with Gasteiger partial charge < -0.3 is 14.7 Å². The fraction of sp³-hybridized carbons (Fsp3) is 0.500. The van der Waals surface area contributed by atoms with Crippen LogP contribution >= 0.6 is 0 Å². The van der Waals surface area contributed by atoms with E-state index in [1.54, 1.807) is 28.9 Å². The smallest absolute Gasteiger partial charge is 0.254 e. The molecule has 0 aromatic heterocycles. The Kier molecular flexibility index (Phi) is 4.05. The number of hydrogen-bond donors (Lipinski definition) is 0. The van der Waals surface area contributed by atoms with Crippen molar-refractivity contribution in [2.75, 3.05) is 44.2 Å². The van der Waals surface area contributed by atoms with Crippen LogP contribution in [-0.4, -0.2) is 72.5 Å². The van der Waals surface area contributed by atoms with Crippen LogP contribution in [0.1, 0.15) is 41.5 Å². The van der Waals surface area contributed by atoms with Crippen molar-refractivity contribution in [3.63, 3.8) is 0 Å². The van der Waals surface area contributed by atoms with E-state index in [2.05, 4.69) is 18.8 Å². The predicted octanol–water partition coefficient (Wildman–Crippen LogP) is 1.43. The van der Waals surface area contributed by atoms with Gasteiger partial charge in [-0.25, -0.2) is 0 Å². The number of fused-ring (bicyclic) bond motifs is 3. The molecule has 1 aromatic rings. The van der Waals surface area contributed by atoms with Crippen LogP contribution in [0, 0.1) is 5.41 Å². The van der Waals surface area contributed by atoms with E-state index in [4.69, 9.17) is 0 Å². The molecule has 3 aliphatic rings. The molecule has 1 aromatic carbocycles. The topological polar surface area (TPSA) is 73.3 Å². The molecular weight excluding hydrogens is 344 g/mol. The molecule has 0 atom stereocenters. The number of carbonyl (C=O) groups is 3. The first kappa shape index (κ1) is 17.7. The number of hydrogen-bond acceptors (Lipinski definition) is 5. The minimum absolute atomic E-state index is 0.0102. The van der Waals surface area contributed by atoms with E-state index in [1.807, 2.05) is 11.0 Å². The summed E-state index contributed by atoms with van der Waals surface area (Å²) in [4.78, 5) is 47.0. The van der Waals surface area contributed by atoms with Gasteiger partial charge in [-0.15, -0.1) is 0 Å². The molecular formula is C20H24N4O3. The third kappa shape index (κ3) is 3.01. The summed E-state index contributed by atoms with van der Waals surface area (Å²) >= 11 is 0. The van der Waals surface area contributed by atoms with Gasteiger partial charge in [0.15, 0.2) is 5.84 Å². The molecule has 4 rings (SSSR count). The highest BCUT2D eigenvalue weighted by atomic mass is 16.2. The number of ketones is 1. The lowest BCUT2D eigenvalue weighted by molar-refractivity contribution is -0.130. The van der Waals surface area contributed by atoms with Gasteiger partial charge in [0.25, 0.3) is 5.91 Å². The maximum absolute atomic E-state index is 12.9. The highest BCUT2D eigenvalue weighted by Crippen LogP contribution is 2.36. The van der Waals surface area contributed by atoms with Crippen LogP contribution in [0.3, 0.4) is 0 Å². The van der Waals surface area contributed by atoms with Crippen molar-refractivity contribution in [2.24, 2.45) is 10.4 Å². The molecule has 0 unspecified atom stereocenters. The Labute approximate surface area is 158 Å². The Morgan fingerprint density at radius 1 is 1.07 bits per heavy atom. The van der Waals surface area contributed by atoms with Crippen LogP contribution in [0.15, 0.2) is 23.2 Å². The second-order valence-electron chi connectivity index (χ2n) is 8.25. The van der Waals surface area contributed by atoms with Gasteiger partial charge in [-0.1, -0.05) is 13.8 Å². The fourth-order valence-corrected chi connectivity index (χ4v) is 3.93. The summed E-state index contributed by atoms with van der Waals surface area (Å²) in [5, 5.41) is 0. The number of Topliss-reactive ketones (excluding diaryl/α,β-unsaturated/α-hetero) is 1. The van der Waals surface area contributed by atoms with E-state index >= 15 is 0 Å². The van der Waals surface area contributed by atoms with Crippen LogP contribution in [-0.2, 0) is 4.79 Å². The monoisotopic (exact) mass is 368 g/mol. The quantitative estimate of drug-likeness (QED) is 0.752. The molecule has 0 saturated carbocycles. The lowest BCUT2D eigenvalue weighted by atomic mass is 9.91. The van der Waals surface area contributed by atoms with Gasteiger partial charge >= 0.3 is 0 Å². The van der Waals surface area contributed by atoms with Crippen molar-refractivity contribution >= 4 is 29.1 Å². The summed E-state index contributed by atoms with van der Waals surface area (Å²) in [5.41, 5.74) is 1.92. The molecule has 142 valence electrons. The molecule has 1 fully saturated rings. The molecule has 0 bridgehead atoms. The predicted molar refractivity (Wildman–Crippen MR) is 102 cm³/mol. The molecule has 27 heavy (non-hydrogen) atoms. The normalized spacial score (nSPS) is 20.9. The fourth-order valence-electron chi connectivity index (χ4n) is 3.93. The molecule has 7 nitrogen and oxygen atoms in total. The zero-order valence-corrected chi connectivity index (χ0v) is 16.0. The number of nitrogens with zero attached hydrogens (tertiary/aromatic N) is 4. The van der Waals surface area contributed by atoms with E-state index in [0.717, 1.165) is 12.2 Å². The molecule has 3 heterocycles. The number of amidine groups is 1. The molecule has 0 N–H and O–H groups in total. The lowest BCUT2D eigenvalue weighted by Gasteiger charge is -2.35. The number of anilines is 1. The Morgan fingerprint density at radius 2 is 1.74 bits per heavy atom. The first-order chi connectivity index (χ1) is 12.8. The second-order valence-corrected chi connectivity index (χ2v) is 8.25. The van der Waals surface area contributed by atoms with Gasteiger partial charge in [0.2, 0.25) is 11.7 Å². The van der Waals surface area contributed by atoms with E-state index in [-0.39, 0.29) is 23.0 Å². The Hall–Kier alpha value is -2.70. The van der Waals surface area contributed by atoms with Crippen molar-refractivity contribution < 1.29 is 14.4 Å². The first-order valence-electron chi connectivity index (χ1n) is 9.32. The van der Waals surface area contributed by atoms with Gasteiger partial charge in [0.05, 0.1) is 11.3 Å². The largest absolute Gasteiger partial charge is 0.339 e. The summed E-state index contributed by atoms with van der Waals surface area (Å²) in [6.07, 6.45) is 0. The number of benzene rings is 1. The average molecular weight is 368 g/mol. The Bertz CT molecular complexity index is 866. The summed E-state index contributed by atoms with van der Waals surface area (Å²) in [6.45, 7) is 9.29. The second kappa shape index (κ2) is 6.18. The molecule has 2 amide bonds. The van der Waals surface area contributed by atoms with Crippen LogP contribution < -0.4 is 4.90 Å². The number of piperazine rings is 1. The average Bonchev–Trinajstić information content (AvgIpc) is 2.91. The van der Waals surface area contributed by atoms with Crippen LogP contribution in [0.2, 0.25) is 0 Å². The molecule has 0 spiro atoms. The minimum Gasteiger partial charge on any atom is -0.339 e. The van der Waals surface area contributed by atoms with Gasteiger partial charge in [-0.05, 0) is 18.2 Å². The number of carbonyl (C=O) groups excluding carboxylic acids is 3. The van der Waals surface area contributed by atoms with Crippen molar-refractivity contribution in [3.8, 4) is 0 Å². The maximum atomic E-state index is 12.9. The highest BCUT2D eigenvalue weighted by molar-refractivity contribution is 6.54. The molecule has 1 saturated heterocycles. The molecule has 0 radical (unpaired) electrons. The summed E-state index contributed by atoms with van der Waals surface area (Å²) in [6, 6.07) is 5.34. The van der Waals surface area contributed by atoms with Gasteiger partial charge in [0.1, 0.15) is 0 Å². The minimum atomic E-state index is -0.100.